The molecule has 5 nitrogen and oxygen atoms in total. The zero-order chi connectivity index (χ0) is 14.7. The predicted octanol–water partition coefficient (Wildman–Crippen LogP) is 2.25. The molecule has 0 atom stereocenters. The minimum absolute atomic E-state index is 0.231. The molecule has 1 heterocycles. The van der Waals surface area contributed by atoms with Crippen molar-refractivity contribution in [1.82, 2.24) is 9.55 Å². The molecule has 0 unspecified atom stereocenters. The number of halogens is 1. The largest absolute Gasteiger partial charge is 0.494 e. The van der Waals surface area contributed by atoms with Gasteiger partial charge in [-0.2, -0.15) is 0 Å². The van der Waals surface area contributed by atoms with E-state index in [-0.39, 0.29) is 11.6 Å². The standard InChI is InChI=1S/C14H19FN4O/c1-18(2)14-17-9-11(19(14)3)8-16-10-5-6-12(15)13(7-10)20-4/h5-7,9,16H,8H2,1-4H3. The first kappa shape index (κ1) is 14.2. The molecule has 0 fully saturated rings. The molecule has 0 radical (unpaired) electrons. The van der Waals surface area contributed by atoms with Crippen LogP contribution in [0.25, 0.3) is 0 Å². The average molecular weight is 278 g/mol. The van der Waals surface area contributed by atoms with Crippen LogP contribution >= 0.6 is 0 Å². The van der Waals surface area contributed by atoms with E-state index in [9.17, 15) is 4.39 Å². The molecule has 1 N–H and O–H groups in total. The molecule has 0 aliphatic heterocycles. The number of ether oxygens (including phenoxy) is 1. The van der Waals surface area contributed by atoms with E-state index in [4.69, 9.17) is 4.74 Å². The molecular formula is C14H19FN4O. The molecule has 20 heavy (non-hydrogen) atoms. The number of methoxy groups -OCH3 is 1. The second-order valence-electron chi connectivity index (χ2n) is 4.71. The van der Waals surface area contributed by atoms with E-state index in [1.807, 2.05) is 36.8 Å². The van der Waals surface area contributed by atoms with Crippen molar-refractivity contribution in [2.24, 2.45) is 7.05 Å². The van der Waals surface area contributed by atoms with Gasteiger partial charge < -0.3 is 19.5 Å². The van der Waals surface area contributed by atoms with Gasteiger partial charge in [-0.05, 0) is 12.1 Å². The summed E-state index contributed by atoms with van der Waals surface area (Å²) >= 11 is 0. The number of nitrogens with zero attached hydrogens (tertiary/aromatic N) is 3. The van der Waals surface area contributed by atoms with Crippen molar-refractivity contribution in [1.29, 1.82) is 0 Å². The Morgan fingerprint density at radius 2 is 2.15 bits per heavy atom. The highest BCUT2D eigenvalue weighted by atomic mass is 19.1. The molecule has 1 aromatic carbocycles. The molecule has 6 heteroatoms. The summed E-state index contributed by atoms with van der Waals surface area (Å²) in [6, 6.07) is 4.70. The van der Waals surface area contributed by atoms with E-state index in [1.54, 1.807) is 12.1 Å². The average Bonchev–Trinajstić information content (AvgIpc) is 2.79. The molecule has 0 amide bonds. The van der Waals surface area contributed by atoms with Gasteiger partial charge in [-0.15, -0.1) is 0 Å². The second kappa shape index (κ2) is 5.81. The van der Waals surface area contributed by atoms with Gasteiger partial charge in [-0.1, -0.05) is 0 Å². The van der Waals surface area contributed by atoms with Crippen molar-refractivity contribution in [2.45, 2.75) is 6.54 Å². The zero-order valence-corrected chi connectivity index (χ0v) is 12.1. The van der Waals surface area contributed by atoms with Crippen LogP contribution in [0.1, 0.15) is 5.69 Å². The topological polar surface area (TPSA) is 42.3 Å². The van der Waals surface area contributed by atoms with Crippen molar-refractivity contribution < 1.29 is 9.13 Å². The third-order valence-electron chi connectivity index (χ3n) is 3.08. The van der Waals surface area contributed by atoms with E-state index in [0.717, 1.165) is 17.3 Å². The Balaban J connectivity index is 2.09. The van der Waals surface area contributed by atoms with Crippen molar-refractivity contribution >= 4 is 11.6 Å². The first-order chi connectivity index (χ1) is 9.52. The molecule has 2 rings (SSSR count). The third-order valence-corrected chi connectivity index (χ3v) is 3.08. The van der Waals surface area contributed by atoms with E-state index < -0.39 is 0 Å². The van der Waals surface area contributed by atoms with Gasteiger partial charge in [0, 0.05) is 32.9 Å². The number of anilines is 2. The summed E-state index contributed by atoms with van der Waals surface area (Å²) < 4.78 is 20.3. The van der Waals surface area contributed by atoms with Crippen LogP contribution in [0.4, 0.5) is 16.0 Å². The Kier molecular flexibility index (Phi) is 4.12. The molecule has 2 aromatic rings. The normalized spacial score (nSPS) is 10.4. The molecule has 0 saturated carbocycles. The maximum atomic E-state index is 13.3. The lowest BCUT2D eigenvalue weighted by molar-refractivity contribution is 0.387. The SMILES string of the molecule is COc1cc(NCc2cnc(N(C)C)n2C)ccc1F. The van der Waals surface area contributed by atoms with Crippen LogP contribution in [0.5, 0.6) is 5.75 Å². The molecular weight excluding hydrogens is 259 g/mol. The number of rotatable bonds is 5. The van der Waals surface area contributed by atoms with Crippen molar-refractivity contribution in [3.05, 3.63) is 35.9 Å². The van der Waals surface area contributed by atoms with Crippen LogP contribution in [-0.4, -0.2) is 30.8 Å². The fourth-order valence-electron chi connectivity index (χ4n) is 1.98. The summed E-state index contributed by atoms with van der Waals surface area (Å²) in [6.45, 7) is 0.603. The van der Waals surface area contributed by atoms with Crippen LogP contribution in [-0.2, 0) is 13.6 Å². The van der Waals surface area contributed by atoms with E-state index >= 15 is 0 Å². The number of hydrogen-bond donors (Lipinski definition) is 1. The minimum atomic E-state index is -0.367. The maximum Gasteiger partial charge on any atom is 0.204 e. The van der Waals surface area contributed by atoms with Gasteiger partial charge in [0.25, 0.3) is 0 Å². The lowest BCUT2D eigenvalue weighted by Gasteiger charge is -2.13. The van der Waals surface area contributed by atoms with Gasteiger partial charge in [-0.25, -0.2) is 9.37 Å². The van der Waals surface area contributed by atoms with E-state index in [1.165, 1.54) is 13.2 Å². The van der Waals surface area contributed by atoms with Crippen LogP contribution in [0.3, 0.4) is 0 Å². The summed E-state index contributed by atoms with van der Waals surface area (Å²) in [4.78, 5) is 6.29. The predicted molar refractivity (Wildman–Crippen MR) is 77.8 cm³/mol. The quantitative estimate of drug-likeness (QED) is 0.911. The Labute approximate surface area is 118 Å². The summed E-state index contributed by atoms with van der Waals surface area (Å²) in [5.41, 5.74) is 1.84. The summed E-state index contributed by atoms with van der Waals surface area (Å²) in [5.74, 6) is 0.751. The number of benzene rings is 1. The van der Waals surface area contributed by atoms with Crippen molar-refractivity contribution in [2.75, 3.05) is 31.4 Å². The minimum Gasteiger partial charge on any atom is -0.494 e. The van der Waals surface area contributed by atoms with E-state index in [0.29, 0.717) is 6.54 Å². The van der Waals surface area contributed by atoms with Crippen LogP contribution < -0.4 is 15.0 Å². The lowest BCUT2D eigenvalue weighted by Crippen LogP contribution is -2.15. The van der Waals surface area contributed by atoms with Gasteiger partial charge in [0.2, 0.25) is 5.95 Å². The Hall–Kier alpha value is -2.24. The summed E-state index contributed by atoms with van der Waals surface area (Å²) in [6.07, 6.45) is 1.82. The number of hydrogen-bond acceptors (Lipinski definition) is 4. The first-order valence-corrected chi connectivity index (χ1v) is 6.28. The highest BCUT2D eigenvalue weighted by Crippen LogP contribution is 2.22. The van der Waals surface area contributed by atoms with Gasteiger partial charge in [0.05, 0.1) is 25.5 Å². The van der Waals surface area contributed by atoms with Crippen LogP contribution in [0, 0.1) is 5.82 Å². The number of nitrogens with one attached hydrogen (secondary N) is 1. The number of imidazole rings is 1. The van der Waals surface area contributed by atoms with Gasteiger partial charge in [-0.3, -0.25) is 0 Å². The highest BCUT2D eigenvalue weighted by molar-refractivity contribution is 5.49. The Morgan fingerprint density at radius 3 is 2.75 bits per heavy atom. The molecule has 108 valence electrons. The first-order valence-electron chi connectivity index (χ1n) is 6.28. The Bertz CT molecular complexity index is 595. The molecule has 1 aromatic heterocycles. The van der Waals surface area contributed by atoms with Gasteiger partial charge in [0.15, 0.2) is 11.6 Å². The molecule has 0 aliphatic carbocycles. The fourth-order valence-corrected chi connectivity index (χ4v) is 1.98. The summed E-state index contributed by atoms with van der Waals surface area (Å²) in [5, 5.41) is 3.23. The Morgan fingerprint density at radius 1 is 1.40 bits per heavy atom. The second-order valence-corrected chi connectivity index (χ2v) is 4.71. The molecule has 0 bridgehead atoms. The highest BCUT2D eigenvalue weighted by Gasteiger charge is 2.08. The fraction of sp³-hybridized carbons (Fsp3) is 0.357. The smallest absolute Gasteiger partial charge is 0.204 e. The van der Waals surface area contributed by atoms with Gasteiger partial charge >= 0.3 is 0 Å². The molecule has 0 spiro atoms. The molecule has 0 aliphatic rings. The van der Waals surface area contributed by atoms with Crippen LogP contribution in [0.2, 0.25) is 0 Å². The third kappa shape index (κ3) is 2.84. The van der Waals surface area contributed by atoms with Crippen molar-refractivity contribution in [3.8, 4) is 5.75 Å². The van der Waals surface area contributed by atoms with Crippen LogP contribution in [0.15, 0.2) is 24.4 Å². The monoisotopic (exact) mass is 278 g/mol. The zero-order valence-electron chi connectivity index (χ0n) is 12.1. The number of aromatic nitrogens is 2. The lowest BCUT2D eigenvalue weighted by atomic mass is 10.3. The van der Waals surface area contributed by atoms with Crippen molar-refractivity contribution in [3.63, 3.8) is 0 Å². The summed E-state index contributed by atoms with van der Waals surface area (Å²) in [7, 11) is 7.31. The van der Waals surface area contributed by atoms with E-state index in [2.05, 4.69) is 10.3 Å². The maximum absolute atomic E-state index is 13.3. The van der Waals surface area contributed by atoms with Gasteiger partial charge in [0.1, 0.15) is 0 Å². The molecule has 0 saturated heterocycles.